The number of benzene rings is 1. The van der Waals surface area contributed by atoms with Gasteiger partial charge in [-0.15, -0.1) is 0 Å². The number of amides is 1. The van der Waals surface area contributed by atoms with Gasteiger partial charge >= 0.3 is 0 Å². The van der Waals surface area contributed by atoms with Gasteiger partial charge in [-0.05, 0) is 54.9 Å². The second-order valence-electron chi connectivity index (χ2n) is 7.39. The van der Waals surface area contributed by atoms with Crippen molar-refractivity contribution in [3.05, 3.63) is 52.8 Å². The van der Waals surface area contributed by atoms with Crippen LogP contribution in [0.2, 0.25) is 5.02 Å². The Balaban J connectivity index is 1.48. The van der Waals surface area contributed by atoms with Gasteiger partial charge in [-0.2, -0.15) is 15.1 Å². The number of furan rings is 1. The molecule has 31 heavy (non-hydrogen) atoms. The number of unbranched alkanes of at least 4 members (excludes halogenated alkanes) is 4. The average Bonchev–Trinajstić information content (AvgIpc) is 3.38. The van der Waals surface area contributed by atoms with Crippen molar-refractivity contribution >= 4 is 51.4 Å². The van der Waals surface area contributed by atoms with Crippen LogP contribution in [0, 0.1) is 5.41 Å². The predicted molar refractivity (Wildman–Crippen MR) is 128 cm³/mol. The molecule has 0 spiro atoms. The molecule has 1 N–H and O–H groups in total. The van der Waals surface area contributed by atoms with Crippen molar-refractivity contribution in [2.45, 2.75) is 45.4 Å². The smallest absolute Gasteiger partial charge is 0.283 e. The summed E-state index contributed by atoms with van der Waals surface area (Å²) in [6, 6.07) is 10.9. The van der Waals surface area contributed by atoms with Gasteiger partial charge in [0.25, 0.3) is 5.91 Å². The molecule has 3 heterocycles. The maximum atomic E-state index is 12.6. The maximum absolute atomic E-state index is 12.6. The van der Waals surface area contributed by atoms with Crippen LogP contribution in [0.3, 0.4) is 0 Å². The minimum absolute atomic E-state index is 0.0178. The first-order chi connectivity index (χ1) is 15.0. The summed E-state index contributed by atoms with van der Waals surface area (Å²) in [5, 5.41) is 16.4. The van der Waals surface area contributed by atoms with Crippen LogP contribution < -0.4 is 0 Å². The van der Waals surface area contributed by atoms with E-state index in [4.69, 9.17) is 21.4 Å². The van der Waals surface area contributed by atoms with Crippen LogP contribution in [0.5, 0.6) is 0 Å². The van der Waals surface area contributed by atoms with Crippen molar-refractivity contribution in [1.82, 2.24) is 5.01 Å². The van der Waals surface area contributed by atoms with E-state index in [1.165, 1.54) is 36.0 Å². The molecule has 6 nitrogen and oxygen atoms in total. The van der Waals surface area contributed by atoms with Gasteiger partial charge in [0.15, 0.2) is 5.84 Å². The Hall–Kier alpha value is -2.64. The summed E-state index contributed by atoms with van der Waals surface area (Å²) in [7, 11) is 0. The Labute approximate surface area is 190 Å². The Morgan fingerprint density at radius 3 is 2.84 bits per heavy atom. The number of carbonyl (C=O) groups is 1. The molecule has 0 atom stereocenters. The fourth-order valence-electron chi connectivity index (χ4n) is 3.38. The topological polar surface area (TPSA) is 82.0 Å². The lowest BCUT2D eigenvalue weighted by Crippen LogP contribution is -2.35. The summed E-state index contributed by atoms with van der Waals surface area (Å²) in [4.78, 5) is 16.7. The molecule has 1 aromatic carbocycles. The Morgan fingerprint density at radius 1 is 1.19 bits per heavy atom. The molecule has 0 radical (unpaired) electrons. The number of nitrogens with zero attached hydrogens (tertiary/aromatic N) is 3. The zero-order chi connectivity index (χ0) is 21.8. The number of nitrogens with one attached hydrogen (secondary N) is 1. The SMILES string of the molecule is CCCCCCCC1=NN2C(=N)/C(=C/c3ccc(-c4cccc(Cl)c4)o3)C(=O)N=C2S1. The quantitative estimate of drug-likeness (QED) is 0.360. The zero-order valence-corrected chi connectivity index (χ0v) is 18.8. The molecule has 0 fully saturated rings. The molecule has 0 saturated heterocycles. The van der Waals surface area contributed by atoms with Crippen LogP contribution >= 0.6 is 23.4 Å². The highest BCUT2D eigenvalue weighted by atomic mass is 35.5. The molecule has 0 unspecified atom stereocenters. The van der Waals surface area contributed by atoms with Crippen LogP contribution in [0.4, 0.5) is 0 Å². The van der Waals surface area contributed by atoms with Gasteiger partial charge in [0, 0.05) is 10.6 Å². The first-order valence-corrected chi connectivity index (χ1v) is 11.6. The normalized spacial score (nSPS) is 17.2. The van der Waals surface area contributed by atoms with Crippen LogP contribution in [0.25, 0.3) is 17.4 Å². The van der Waals surface area contributed by atoms with E-state index < -0.39 is 5.91 Å². The standard InChI is InChI=1S/C23H23ClN4O2S/c1-2-3-4-5-6-10-20-27-28-21(25)18(22(29)26-23(28)31-20)14-17-11-12-19(30-17)15-8-7-9-16(24)13-15/h7-9,11-14,25H,2-6,10H2,1H3/b18-14-,25-21?. The Kier molecular flexibility index (Phi) is 6.73. The van der Waals surface area contributed by atoms with Gasteiger partial charge < -0.3 is 4.42 Å². The van der Waals surface area contributed by atoms with Gasteiger partial charge in [-0.1, -0.05) is 56.3 Å². The highest BCUT2D eigenvalue weighted by molar-refractivity contribution is 8.26. The van der Waals surface area contributed by atoms with Gasteiger partial charge in [-0.3, -0.25) is 10.2 Å². The molecule has 2 aliphatic rings. The number of amidine groups is 2. The number of hydrazone groups is 1. The lowest BCUT2D eigenvalue weighted by molar-refractivity contribution is -0.114. The van der Waals surface area contributed by atoms with Crippen LogP contribution in [-0.4, -0.2) is 27.0 Å². The monoisotopic (exact) mass is 454 g/mol. The van der Waals surface area contributed by atoms with Crippen LogP contribution in [0.15, 0.2) is 56.5 Å². The Bertz CT molecular complexity index is 1100. The highest BCUT2D eigenvalue weighted by Crippen LogP contribution is 2.31. The summed E-state index contributed by atoms with van der Waals surface area (Å²) in [5.41, 5.74) is 0.996. The van der Waals surface area contributed by atoms with E-state index in [0.29, 0.717) is 21.7 Å². The predicted octanol–water partition coefficient (Wildman–Crippen LogP) is 6.58. The number of thioether (sulfide) groups is 1. The number of fused-ring (bicyclic) bond motifs is 1. The molecule has 160 valence electrons. The van der Waals surface area contributed by atoms with Gasteiger partial charge in [0.2, 0.25) is 5.17 Å². The van der Waals surface area contributed by atoms with Gasteiger partial charge in [0.05, 0.1) is 5.57 Å². The van der Waals surface area contributed by atoms with Crippen molar-refractivity contribution < 1.29 is 9.21 Å². The second-order valence-corrected chi connectivity index (χ2v) is 8.87. The molecule has 2 aliphatic heterocycles. The van der Waals surface area contributed by atoms with E-state index in [9.17, 15) is 4.79 Å². The first-order valence-electron chi connectivity index (χ1n) is 10.4. The summed E-state index contributed by atoms with van der Waals surface area (Å²) >= 11 is 7.43. The summed E-state index contributed by atoms with van der Waals surface area (Å²) in [6.07, 6.45) is 8.28. The highest BCUT2D eigenvalue weighted by Gasteiger charge is 2.35. The third-order valence-electron chi connectivity index (χ3n) is 5.01. The van der Waals surface area contributed by atoms with E-state index in [1.54, 1.807) is 18.2 Å². The van der Waals surface area contributed by atoms with Crippen molar-refractivity contribution in [3.63, 3.8) is 0 Å². The fraction of sp³-hybridized carbons (Fsp3) is 0.304. The second kappa shape index (κ2) is 9.66. The molecular formula is C23H23ClN4O2S. The number of hydrogen-bond donors (Lipinski definition) is 1. The molecule has 0 bridgehead atoms. The van der Waals surface area contributed by atoms with Crippen molar-refractivity contribution in [1.29, 1.82) is 5.41 Å². The van der Waals surface area contributed by atoms with Crippen LogP contribution in [-0.2, 0) is 4.79 Å². The third-order valence-corrected chi connectivity index (χ3v) is 6.22. The number of aliphatic imine (C=N–C) groups is 1. The van der Waals surface area contributed by atoms with Crippen molar-refractivity contribution in [3.8, 4) is 11.3 Å². The minimum atomic E-state index is -0.455. The molecule has 8 heteroatoms. The molecule has 0 saturated carbocycles. The maximum Gasteiger partial charge on any atom is 0.283 e. The largest absolute Gasteiger partial charge is 0.457 e. The summed E-state index contributed by atoms with van der Waals surface area (Å²) in [5.74, 6) is 0.662. The molecule has 1 aromatic heterocycles. The number of rotatable bonds is 8. The van der Waals surface area contributed by atoms with E-state index in [2.05, 4.69) is 17.0 Å². The summed E-state index contributed by atoms with van der Waals surface area (Å²) < 4.78 is 5.85. The van der Waals surface area contributed by atoms with Gasteiger partial charge in [-0.25, -0.2) is 0 Å². The third kappa shape index (κ3) is 4.99. The van der Waals surface area contributed by atoms with E-state index >= 15 is 0 Å². The Morgan fingerprint density at radius 2 is 2.03 bits per heavy atom. The number of halogens is 1. The first kappa shape index (κ1) is 21.6. The lowest BCUT2D eigenvalue weighted by Gasteiger charge is -2.19. The van der Waals surface area contributed by atoms with E-state index in [0.717, 1.165) is 29.9 Å². The molecule has 0 aliphatic carbocycles. The van der Waals surface area contributed by atoms with Gasteiger partial charge in [0.1, 0.15) is 16.6 Å². The minimum Gasteiger partial charge on any atom is -0.457 e. The van der Waals surface area contributed by atoms with Crippen molar-refractivity contribution in [2.24, 2.45) is 10.1 Å². The van der Waals surface area contributed by atoms with E-state index in [1.807, 2.05) is 24.3 Å². The van der Waals surface area contributed by atoms with Crippen LogP contribution in [0.1, 0.15) is 51.2 Å². The molecule has 4 rings (SSSR count). The molecule has 1 amide bonds. The van der Waals surface area contributed by atoms with Crippen molar-refractivity contribution in [2.75, 3.05) is 0 Å². The molecule has 2 aromatic rings. The summed E-state index contributed by atoms with van der Waals surface area (Å²) in [6.45, 7) is 2.20. The fourth-order valence-corrected chi connectivity index (χ4v) is 4.50. The lowest BCUT2D eigenvalue weighted by atomic mass is 10.1. The molecular weight excluding hydrogens is 432 g/mol. The zero-order valence-electron chi connectivity index (χ0n) is 17.2. The average molecular weight is 455 g/mol. The number of carbonyl (C=O) groups excluding carboxylic acids is 1. The number of hydrogen-bond acceptors (Lipinski definition) is 5. The van der Waals surface area contributed by atoms with E-state index in [-0.39, 0.29) is 11.4 Å².